The zero-order valence-electron chi connectivity index (χ0n) is 14.9. The average Bonchev–Trinajstić information content (AvgIpc) is 2.59. The molecule has 1 aliphatic rings. The number of nitrogens with zero attached hydrogens (tertiary/aromatic N) is 2. The number of para-hydroxylation sites is 1. The molecule has 0 aromatic heterocycles. The van der Waals surface area contributed by atoms with Gasteiger partial charge in [0.1, 0.15) is 0 Å². The van der Waals surface area contributed by atoms with Crippen LogP contribution in [0.1, 0.15) is 12.8 Å². The molecule has 1 unspecified atom stereocenters. The summed E-state index contributed by atoms with van der Waals surface area (Å²) in [5, 5.41) is 8.79. The van der Waals surface area contributed by atoms with E-state index in [1.54, 1.807) is 35.0 Å². The number of hydrogen-bond acceptors (Lipinski definition) is 5. The molecule has 26 heavy (non-hydrogen) atoms. The van der Waals surface area contributed by atoms with E-state index in [9.17, 15) is 14.0 Å². The molecule has 0 spiro atoms. The van der Waals surface area contributed by atoms with Gasteiger partial charge in [-0.15, -0.1) is 0 Å². The number of rotatable bonds is 9. The number of carbonyl (C=O) groups excluding carboxylic acids is 1. The molecule has 0 bridgehead atoms. The van der Waals surface area contributed by atoms with E-state index in [4.69, 9.17) is 14.6 Å². The second-order valence-corrected chi connectivity index (χ2v) is 6.31. The van der Waals surface area contributed by atoms with Gasteiger partial charge in [0.25, 0.3) is 0 Å². The first-order chi connectivity index (χ1) is 12.5. The second-order valence-electron chi connectivity index (χ2n) is 6.31. The number of ether oxygens (including phenoxy) is 2. The van der Waals surface area contributed by atoms with Crippen molar-refractivity contribution in [1.29, 1.82) is 0 Å². The average molecular weight is 368 g/mol. The van der Waals surface area contributed by atoms with Gasteiger partial charge < -0.3 is 19.5 Å². The topological polar surface area (TPSA) is 79.3 Å². The number of morpholine rings is 1. The van der Waals surface area contributed by atoms with Crippen molar-refractivity contribution in [2.45, 2.75) is 18.9 Å². The van der Waals surface area contributed by atoms with Crippen molar-refractivity contribution < 1.29 is 28.6 Å². The van der Waals surface area contributed by atoms with Crippen LogP contribution in [-0.2, 0) is 14.3 Å². The summed E-state index contributed by atoms with van der Waals surface area (Å²) < 4.78 is 24.4. The van der Waals surface area contributed by atoms with Crippen molar-refractivity contribution in [3.63, 3.8) is 0 Å². The fraction of sp³-hybridized carbons (Fsp3) is 0.556. The van der Waals surface area contributed by atoms with E-state index >= 15 is 0 Å². The Kier molecular flexibility index (Phi) is 7.80. The van der Waals surface area contributed by atoms with Gasteiger partial charge in [-0.2, -0.15) is 0 Å². The van der Waals surface area contributed by atoms with Crippen LogP contribution in [0.15, 0.2) is 24.3 Å². The first kappa shape index (κ1) is 20.1. The molecule has 1 amide bonds. The van der Waals surface area contributed by atoms with Crippen LogP contribution in [0.3, 0.4) is 0 Å². The standard InChI is InChI=1S/C18H25FN2O5/c1-20(13-18(23)24)11-14-12-21(8-10-25-14)17(22)7-4-9-26-16-6-3-2-5-15(16)19/h2-3,5-6,14H,4,7-13H2,1H3,(H,23,24). The second kappa shape index (κ2) is 10.1. The highest BCUT2D eigenvalue weighted by Crippen LogP contribution is 2.16. The molecule has 8 heteroatoms. The van der Waals surface area contributed by atoms with E-state index in [1.807, 2.05) is 0 Å². The number of amides is 1. The normalized spacial score (nSPS) is 17.3. The Morgan fingerprint density at radius 1 is 1.42 bits per heavy atom. The summed E-state index contributed by atoms with van der Waals surface area (Å²) in [7, 11) is 1.71. The number of hydrogen-bond donors (Lipinski definition) is 1. The predicted molar refractivity (Wildman–Crippen MR) is 92.6 cm³/mol. The van der Waals surface area contributed by atoms with Gasteiger partial charge in [0, 0.05) is 26.1 Å². The maximum atomic E-state index is 13.4. The van der Waals surface area contributed by atoms with Crippen LogP contribution in [0.4, 0.5) is 4.39 Å². The summed E-state index contributed by atoms with van der Waals surface area (Å²) in [6.45, 7) is 2.04. The minimum absolute atomic E-state index is 0.00341. The molecule has 1 fully saturated rings. The predicted octanol–water partition coefficient (Wildman–Crippen LogP) is 1.23. The summed E-state index contributed by atoms with van der Waals surface area (Å²) in [6, 6.07) is 6.17. The maximum absolute atomic E-state index is 13.4. The van der Waals surface area contributed by atoms with Crippen LogP contribution in [0, 0.1) is 5.82 Å². The highest BCUT2D eigenvalue weighted by atomic mass is 19.1. The third-order valence-corrected chi connectivity index (χ3v) is 4.04. The van der Waals surface area contributed by atoms with E-state index in [-0.39, 0.29) is 30.9 Å². The third-order valence-electron chi connectivity index (χ3n) is 4.04. The van der Waals surface area contributed by atoms with Crippen LogP contribution in [0.2, 0.25) is 0 Å². The zero-order chi connectivity index (χ0) is 18.9. The molecule has 144 valence electrons. The highest BCUT2D eigenvalue weighted by molar-refractivity contribution is 5.76. The zero-order valence-corrected chi connectivity index (χ0v) is 14.9. The Morgan fingerprint density at radius 2 is 2.19 bits per heavy atom. The molecular formula is C18H25FN2O5. The smallest absolute Gasteiger partial charge is 0.317 e. The molecule has 1 heterocycles. The molecule has 1 aliphatic heterocycles. The van der Waals surface area contributed by atoms with Crippen molar-refractivity contribution in [3.05, 3.63) is 30.1 Å². The van der Waals surface area contributed by atoms with Crippen molar-refractivity contribution >= 4 is 11.9 Å². The Balaban J connectivity index is 1.69. The van der Waals surface area contributed by atoms with Gasteiger partial charge in [-0.05, 0) is 25.6 Å². The number of halogens is 1. The minimum Gasteiger partial charge on any atom is -0.491 e. The number of aliphatic carboxylic acids is 1. The number of likely N-dealkylation sites (N-methyl/N-ethyl adjacent to an activating group) is 1. The van der Waals surface area contributed by atoms with Crippen LogP contribution in [-0.4, -0.2) is 79.3 Å². The molecule has 1 aromatic carbocycles. The van der Waals surface area contributed by atoms with Gasteiger partial charge in [-0.3, -0.25) is 14.5 Å². The minimum atomic E-state index is -0.897. The molecule has 0 radical (unpaired) electrons. The Bertz CT molecular complexity index is 613. The van der Waals surface area contributed by atoms with Crippen LogP contribution < -0.4 is 4.74 Å². The Labute approximate surface area is 152 Å². The summed E-state index contributed by atoms with van der Waals surface area (Å²) in [4.78, 5) is 26.4. The van der Waals surface area contributed by atoms with Gasteiger partial charge in [0.15, 0.2) is 11.6 Å². The molecule has 1 aromatic rings. The number of carbonyl (C=O) groups is 2. The SMILES string of the molecule is CN(CC(=O)O)CC1CN(C(=O)CCCOc2ccccc2F)CCO1. The first-order valence-electron chi connectivity index (χ1n) is 8.62. The molecule has 1 N–H and O–H groups in total. The lowest BCUT2D eigenvalue weighted by molar-refractivity contribution is -0.142. The van der Waals surface area contributed by atoms with E-state index in [0.717, 1.165) is 0 Å². The molecule has 1 saturated heterocycles. The quantitative estimate of drug-likeness (QED) is 0.661. The molecule has 2 rings (SSSR count). The van der Waals surface area contributed by atoms with Crippen molar-refractivity contribution in [3.8, 4) is 5.75 Å². The lowest BCUT2D eigenvalue weighted by atomic mass is 10.2. The van der Waals surface area contributed by atoms with Crippen molar-refractivity contribution in [2.75, 3.05) is 46.4 Å². The van der Waals surface area contributed by atoms with Gasteiger partial charge in [-0.25, -0.2) is 4.39 Å². The number of carboxylic acids is 1. The molecule has 1 atom stereocenters. The van der Waals surface area contributed by atoms with Crippen molar-refractivity contribution in [1.82, 2.24) is 9.80 Å². The summed E-state index contributed by atoms with van der Waals surface area (Å²) in [6.07, 6.45) is 0.604. The van der Waals surface area contributed by atoms with E-state index in [2.05, 4.69) is 0 Å². The monoisotopic (exact) mass is 368 g/mol. The van der Waals surface area contributed by atoms with Crippen LogP contribution >= 0.6 is 0 Å². The van der Waals surface area contributed by atoms with Gasteiger partial charge in [0.2, 0.25) is 5.91 Å². The van der Waals surface area contributed by atoms with E-state index in [1.165, 1.54) is 6.07 Å². The lowest BCUT2D eigenvalue weighted by Crippen LogP contribution is -2.49. The van der Waals surface area contributed by atoms with E-state index < -0.39 is 11.8 Å². The number of carboxylic acid groups (broad SMARTS) is 1. The summed E-state index contributed by atoms with van der Waals surface area (Å²) in [5.41, 5.74) is 0. The highest BCUT2D eigenvalue weighted by Gasteiger charge is 2.25. The van der Waals surface area contributed by atoms with Gasteiger partial charge in [-0.1, -0.05) is 12.1 Å². The first-order valence-corrected chi connectivity index (χ1v) is 8.62. The summed E-state index contributed by atoms with van der Waals surface area (Å²) >= 11 is 0. The third kappa shape index (κ3) is 6.61. The van der Waals surface area contributed by atoms with Crippen molar-refractivity contribution in [2.24, 2.45) is 0 Å². The molecule has 0 saturated carbocycles. The lowest BCUT2D eigenvalue weighted by Gasteiger charge is -2.34. The van der Waals surface area contributed by atoms with Crippen LogP contribution in [0.5, 0.6) is 5.75 Å². The van der Waals surface area contributed by atoms with E-state index in [0.29, 0.717) is 39.1 Å². The largest absolute Gasteiger partial charge is 0.491 e. The molecule has 0 aliphatic carbocycles. The van der Waals surface area contributed by atoms with Gasteiger partial charge in [0.05, 0.1) is 25.9 Å². The summed E-state index contributed by atoms with van der Waals surface area (Å²) in [5.74, 6) is -1.13. The molecule has 7 nitrogen and oxygen atoms in total. The van der Waals surface area contributed by atoms with Crippen LogP contribution in [0.25, 0.3) is 0 Å². The Morgan fingerprint density at radius 3 is 2.92 bits per heavy atom. The number of benzene rings is 1. The Hall–Kier alpha value is -2.19. The fourth-order valence-electron chi connectivity index (χ4n) is 2.82. The fourth-order valence-corrected chi connectivity index (χ4v) is 2.82. The maximum Gasteiger partial charge on any atom is 0.317 e. The van der Waals surface area contributed by atoms with Gasteiger partial charge >= 0.3 is 5.97 Å². The molecular weight excluding hydrogens is 343 g/mol.